The lowest BCUT2D eigenvalue weighted by molar-refractivity contribution is -0.384. The maximum Gasteiger partial charge on any atom is 0.337 e. The van der Waals surface area contributed by atoms with Gasteiger partial charge < -0.3 is 14.7 Å². The predicted molar refractivity (Wildman–Crippen MR) is 72.2 cm³/mol. The summed E-state index contributed by atoms with van der Waals surface area (Å²) in [5.41, 5.74) is -0.524. The van der Waals surface area contributed by atoms with Gasteiger partial charge in [0, 0.05) is 32.0 Å². The fourth-order valence-corrected chi connectivity index (χ4v) is 1.67. The van der Waals surface area contributed by atoms with E-state index in [0.29, 0.717) is 26.3 Å². The molecule has 0 aliphatic heterocycles. The summed E-state index contributed by atoms with van der Waals surface area (Å²) in [5, 5.41) is 19.9. The zero-order chi connectivity index (χ0) is 15.1. The van der Waals surface area contributed by atoms with Crippen LogP contribution in [0.25, 0.3) is 0 Å². The van der Waals surface area contributed by atoms with Crippen LogP contribution in [-0.4, -0.2) is 47.3 Å². The third-order valence-electron chi connectivity index (χ3n) is 2.68. The van der Waals surface area contributed by atoms with E-state index in [-0.39, 0.29) is 17.1 Å². The SMILES string of the molecule is CCOCCN(CC)c1ncc(C(=O)O)cc1[N+](=O)[O-]. The molecule has 8 heteroatoms. The fraction of sp³-hybridized carbons (Fsp3) is 0.500. The Labute approximate surface area is 116 Å². The Morgan fingerprint density at radius 1 is 1.55 bits per heavy atom. The number of nitrogens with zero attached hydrogens (tertiary/aromatic N) is 3. The van der Waals surface area contributed by atoms with Gasteiger partial charge in [0.15, 0.2) is 0 Å². The van der Waals surface area contributed by atoms with E-state index in [1.54, 1.807) is 4.90 Å². The van der Waals surface area contributed by atoms with Crippen LogP contribution < -0.4 is 4.90 Å². The summed E-state index contributed by atoms with van der Waals surface area (Å²) in [6.45, 7) is 5.63. The van der Waals surface area contributed by atoms with Crippen LogP contribution in [-0.2, 0) is 4.74 Å². The summed E-state index contributed by atoms with van der Waals surface area (Å²) in [5.74, 6) is -1.09. The maximum absolute atomic E-state index is 11.1. The number of likely N-dealkylation sites (N-methyl/N-ethyl adjacent to an activating group) is 1. The van der Waals surface area contributed by atoms with Gasteiger partial charge in [-0.05, 0) is 13.8 Å². The second-order valence-corrected chi connectivity index (χ2v) is 3.91. The number of carboxylic acid groups (broad SMARTS) is 1. The van der Waals surface area contributed by atoms with E-state index < -0.39 is 10.9 Å². The molecule has 0 aliphatic carbocycles. The summed E-state index contributed by atoms with van der Waals surface area (Å²) >= 11 is 0. The standard InChI is InChI=1S/C12H17N3O5/c1-3-14(5-6-20-4-2)11-10(15(18)19)7-9(8-13-11)12(16)17/h7-8H,3-6H2,1-2H3,(H,16,17). The molecule has 0 aliphatic rings. The quantitative estimate of drug-likeness (QED) is 0.438. The zero-order valence-corrected chi connectivity index (χ0v) is 11.4. The highest BCUT2D eigenvalue weighted by molar-refractivity contribution is 5.88. The maximum atomic E-state index is 11.1. The first-order valence-electron chi connectivity index (χ1n) is 6.21. The minimum Gasteiger partial charge on any atom is -0.478 e. The van der Waals surface area contributed by atoms with Crippen molar-refractivity contribution in [3.05, 3.63) is 27.9 Å². The first-order valence-corrected chi connectivity index (χ1v) is 6.21. The predicted octanol–water partition coefficient (Wildman–Crippen LogP) is 1.55. The van der Waals surface area contributed by atoms with Crippen molar-refractivity contribution in [3.8, 4) is 0 Å². The number of rotatable bonds is 8. The number of nitro groups is 1. The molecule has 0 spiro atoms. The molecule has 0 bridgehead atoms. The average Bonchev–Trinajstić information content (AvgIpc) is 2.43. The van der Waals surface area contributed by atoms with Crippen LogP contribution in [0.3, 0.4) is 0 Å². The van der Waals surface area contributed by atoms with Crippen molar-refractivity contribution in [1.29, 1.82) is 0 Å². The Morgan fingerprint density at radius 3 is 2.75 bits per heavy atom. The number of carboxylic acids is 1. The number of anilines is 1. The van der Waals surface area contributed by atoms with Crippen LogP contribution in [0.4, 0.5) is 11.5 Å². The monoisotopic (exact) mass is 283 g/mol. The van der Waals surface area contributed by atoms with E-state index in [9.17, 15) is 14.9 Å². The van der Waals surface area contributed by atoms with Gasteiger partial charge in [-0.15, -0.1) is 0 Å². The lowest BCUT2D eigenvalue weighted by Crippen LogP contribution is -2.28. The molecule has 0 unspecified atom stereocenters. The second-order valence-electron chi connectivity index (χ2n) is 3.91. The van der Waals surface area contributed by atoms with Crippen LogP contribution in [0.1, 0.15) is 24.2 Å². The van der Waals surface area contributed by atoms with Crippen molar-refractivity contribution in [2.24, 2.45) is 0 Å². The van der Waals surface area contributed by atoms with Crippen LogP contribution in [0.15, 0.2) is 12.3 Å². The van der Waals surface area contributed by atoms with Crippen molar-refractivity contribution in [2.45, 2.75) is 13.8 Å². The Morgan fingerprint density at radius 2 is 2.25 bits per heavy atom. The summed E-state index contributed by atoms with van der Waals surface area (Å²) in [7, 11) is 0. The first-order chi connectivity index (χ1) is 9.51. The molecule has 1 rings (SSSR count). The highest BCUT2D eigenvalue weighted by Gasteiger charge is 2.22. The molecule has 1 N–H and O–H groups in total. The number of carbonyl (C=O) groups is 1. The van der Waals surface area contributed by atoms with Gasteiger partial charge in [-0.25, -0.2) is 9.78 Å². The minimum absolute atomic E-state index is 0.155. The first kappa shape index (κ1) is 15.8. The van der Waals surface area contributed by atoms with Crippen molar-refractivity contribution in [2.75, 3.05) is 31.2 Å². The number of hydrogen-bond donors (Lipinski definition) is 1. The third-order valence-corrected chi connectivity index (χ3v) is 2.68. The van der Waals surface area contributed by atoms with E-state index >= 15 is 0 Å². The van der Waals surface area contributed by atoms with E-state index in [4.69, 9.17) is 9.84 Å². The molecule has 1 aromatic rings. The number of hydrogen-bond acceptors (Lipinski definition) is 6. The Balaban J connectivity index is 3.07. The number of aromatic carboxylic acids is 1. The van der Waals surface area contributed by atoms with E-state index in [0.717, 1.165) is 12.3 Å². The van der Waals surface area contributed by atoms with E-state index in [2.05, 4.69) is 4.98 Å². The molecule has 0 saturated carbocycles. The summed E-state index contributed by atoms with van der Waals surface area (Å²) < 4.78 is 5.22. The molecule has 0 fully saturated rings. The smallest absolute Gasteiger partial charge is 0.337 e. The summed E-state index contributed by atoms with van der Waals surface area (Å²) in [6.07, 6.45) is 1.12. The van der Waals surface area contributed by atoms with Gasteiger partial charge in [0.1, 0.15) is 0 Å². The van der Waals surface area contributed by atoms with E-state index in [1.807, 2.05) is 13.8 Å². The van der Waals surface area contributed by atoms with Crippen molar-refractivity contribution in [1.82, 2.24) is 4.98 Å². The van der Waals surface area contributed by atoms with Crippen molar-refractivity contribution in [3.63, 3.8) is 0 Å². The van der Waals surface area contributed by atoms with Gasteiger partial charge in [-0.3, -0.25) is 10.1 Å². The fourth-order valence-electron chi connectivity index (χ4n) is 1.67. The van der Waals surface area contributed by atoms with Crippen LogP contribution in [0, 0.1) is 10.1 Å². The van der Waals surface area contributed by atoms with Crippen LogP contribution in [0.2, 0.25) is 0 Å². The van der Waals surface area contributed by atoms with Gasteiger partial charge >= 0.3 is 11.7 Å². The molecule has 0 atom stereocenters. The van der Waals surface area contributed by atoms with E-state index in [1.165, 1.54) is 0 Å². The van der Waals surface area contributed by atoms with Gasteiger partial charge in [0.2, 0.25) is 5.82 Å². The molecule has 20 heavy (non-hydrogen) atoms. The Bertz CT molecular complexity index is 492. The summed E-state index contributed by atoms with van der Waals surface area (Å²) in [6, 6.07) is 1.02. The second kappa shape index (κ2) is 7.39. The summed E-state index contributed by atoms with van der Waals surface area (Å²) in [4.78, 5) is 26.9. The van der Waals surface area contributed by atoms with Crippen molar-refractivity contribution >= 4 is 17.5 Å². The zero-order valence-electron chi connectivity index (χ0n) is 11.4. The van der Waals surface area contributed by atoms with Gasteiger partial charge in [0.05, 0.1) is 17.1 Å². The lowest BCUT2D eigenvalue weighted by Gasteiger charge is -2.21. The number of aromatic nitrogens is 1. The molecule has 0 aromatic carbocycles. The van der Waals surface area contributed by atoms with Gasteiger partial charge in [-0.1, -0.05) is 0 Å². The van der Waals surface area contributed by atoms with Crippen LogP contribution >= 0.6 is 0 Å². The van der Waals surface area contributed by atoms with Crippen molar-refractivity contribution < 1.29 is 19.6 Å². The largest absolute Gasteiger partial charge is 0.478 e. The molecule has 0 saturated heterocycles. The van der Waals surface area contributed by atoms with Crippen LogP contribution in [0.5, 0.6) is 0 Å². The topological polar surface area (TPSA) is 106 Å². The average molecular weight is 283 g/mol. The third kappa shape index (κ3) is 3.89. The molecular weight excluding hydrogens is 266 g/mol. The molecule has 0 radical (unpaired) electrons. The number of ether oxygens (including phenoxy) is 1. The highest BCUT2D eigenvalue weighted by atomic mass is 16.6. The molecule has 0 amide bonds. The minimum atomic E-state index is -1.25. The molecular formula is C12H17N3O5. The Kier molecular flexibility index (Phi) is 5.85. The van der Waals surface area contributed by atoms with Gasteiger partial charge in [0.25, 0.3) is 0 Å². The molecule has 110 valence electrons. The normalized spacial score (nSPS) is 10.3. The lowest BCUT2D eigenvalue weighted by atomic mass is 10.2. The highest BCUT2D eigenvalue weighted by Crippen LogP contribution is 2.26. The molecule has 1 heterocycles. The molecule has 8 nitrogen and oxygen atoms in total. The number of pyridine rings is 1. The van der Waals surface area contributed by atoms with Gasteiger partial charge in [-0.2, -0.15) is 0 Å². The molecule has 1 aromatic heterocycles. The Hall–Kier alpha value is -2.22.